The van der Waals surface area contributed by atoms with Gasteiger partial charge in [-0.2, -0.15) is 0 Å². The van der Waals surface area contributed by atoms with Crippen molar-refractivity contribution in [3.05, 3.63) is 18.5 Å². The molecule has 0 aliphatic heterocycles. The van der Waals surface area contributed by atoms with Gasteiger partial charge in [-0.15, -0.1) is 0 Å². The topological polar surface area (TPSA) is 34.2 Å². The van der Waals surface area contributed by atoms with Gasteiger partial charge in [-0.05, 0) is 0 Å². The standard InChI is InChI=1S/C7H10N2O/c1-8-6-3-7(10-2)5-9-4-6/h3-5,8H,1-2H3. The second-order valence-electron chi connectivity index (χ2n) is 1.86. The number of hydrogen-bond donors (Lipinski definition) is 1. The zero-order valence-corrected chi connectivity index (χ0v) is 6.09. The van der Waals surface area contributed by atoms with E-state index in [-0.39, 0.29) is 0 Å². The fourth-order valence-corrected chi connectivity index (χ4v) is 0.667. The van der Waals surface area contributed by atoms with Crippen LogP contribution in [-0.2, 0) is 0 Å². The smallest absolute Gasteiger partial charge is 0.139 e. The maximum atomic E-state index is 4.95. The number of pyridine rings is 1. The maximum Gasteiger partial charge on any atom is 0.139 e. The van der Waals surface area contributed by atoms with Gasteiger partial charge in [-0.3, -0.25) is 4.98 Å². The SMILES string of the molecule is CNc1cncc(OC)c1. The Kier molecular flexibility index (Phi) is 2.10. The lowest BCUT2D eigenvalue weighted by atomic mass is 10.4. The summed E-state index contributed by atoms with van der Waals surface area (Å²) in [5.74, 6) is 0.770. The predicted molar refractivity (Wildman–Crippen MR) is 40.3 cm³/mol. The van der Waals surface area contributed by atoms with Crippen LogP contribution in [0.25, 0.3) is 0 Å². The molecule has 3 nitrogen and oxygen atoms in total. The molecule has 0 aliphatic rings. The van der Waals surface area contributed by atoms with Crippen LogP contribution < -0.4 is 10.1 Å². The van der Waals surface area contributed by atoms with Crippen molar-refractivity contribution < 1.29 is 4.74 Å². The Morgan fingerprint density at radius 1 is 1.50 bits per heavy atom. The van der Waals surface area contributed by atoms with Gasteiger partial charge in [0.25, 0.3) is 0 Å². The molecule has 3 heteroatoms. The molecule has 0 aliphatic carbocycles. The van der Waals surface area contributed by atoms with E-state index in [1.165, 1.54) is 0 Å². The van der Waals surface area contributed by atoms with Crippen LogP contribution in [0.15, 0.2) is 18.5 Å². The summed E-state index contributed by atoms with van der Waals surface area (Å²) in [5, 5.41) is 2.96. The monoisotopic (exact) mass is 138 g/mol. The lowest BCUT2D eigenvalue weighted by Gasteiger charge is -2.01. The van der Waals surface area contributed by atoms with E-state index in [1.807, 2.05) is 13.1 Å². The zero-order chi connectivity index (χ0) is 7.40. The molecule has 1 aromatic rings. The Balaban J connectivity index is 2.87. The summed E-state index contributed by atoms with van der Waals surface area (Å²) < 4.78 is 4.95. The molecule has 1 heterocycles. The summed E-state index contributed by atoms with van der Waals surface area (Å²) in [5.41, 5.74) is 0.958. The van der Waals surface area contributed by atoms with Crippen LogP contribution in [0.5, 0.6) is 5.75 Å². The maximum absolute atomic E-state index is 4.95. The molecule has 0 radical (unpaired) electrons. The average molecular weight is 138 g/mol. The van der Waals surface area contributed by atoms with E-state index in [0.717, 1.165) is 11.4 Å². The van der Waals surface area contributed by atoms with Crippen LogP contribution in [-0.4, -0.2) is 19.1 Å². The van der Waals surface area contributed by atoms with Crippen LogP contribution in [0, 0.1) is 0 Å². The zero-order valence-electron chi connectivity index (χ0n) is 6.09. The number of rotatable bonds is 2. The lowest BCUT2D eigenvalue weighted by Crippen LogP contribution is -1.90. The van der Waals surface area contributed by atoms with E-state index in [4.69, 9.17) is 4.74 Å². The van der Waals surface area contributed by atoms with Gasteiger partial charge in [-0.1, -0.05) is 0 Å². The quantitative estimate of drug-likeness (QED) is 0.665. The number of anilines is 1. The number of nitrogens with one attached hydrogen (secondary N) is 1. The normalized spacial score (nSPS) is 9.00. The molecule has 0 amide bonds. The van der Waals surface area contributed by atoms with Gasteiger partial charge in [0.15, 0.2) is 0 Å². The summed E-state index contributed by atoms with van der Waals surface area (Å²) in [7, 11) is 3.47. The number of ether oxygens (including phenoxy) is 1. The second kappa shape index (κ2) is 3.06. The Hall–Kier alpha value is -1.25. The van der Waals surface area contributed by atoms with E-state index >= 15 is 0 Å². The van der Waals surface area contributed by atoms with Gasteiger partial charge in [-0.25, -0.2) is 0 Å². The molecule has 0 bridgehead atoms. The molecular weight excluding hydrogens is 128 g/mol. The molecular formula is C7H10N2O. The van der Waals surface area contributed by atoms with E-state index in [9.17, 15) is 0 Å². The minimum Gasteiger partial charge on any atom is -0.495 e. The minimum absolute atomic E-state index is 0.770. The van der Waals surface area contributed by atoms with Crippen molar-refractivity contribution in [1.29, 1.82) is 0 Å². The first-order valence-corrected chi connectivity index (χ1v) is 3.03. The number of methoxy groups -OCH3 is 1. The van der Waals surface area contributed by atoms with Crippen molar-refractivity contribution in [2.45, 2.75) is 0 Å². The number of aromatic nitrogens is 1. The highest BCUT2D eigenvalue weighted by molar-refractivity contribution is 5.44. The van der Waals surface area contributed by atoms with Gasteiger partial charge in [0.05, 0.1) is 25.2 Å². The first kappa shape index (κ1) is 6.86. The molecule has 10 heavy (non-hydrogen) atoms. The lowest BCUT2D eigenvalue weighted by molar-refractivity contribution is 0.413. The van der Waals surface area contributed by atoms with Crippen LogP contribution in [0.3, 0.4) is 0 Å². The van der Waals surface area contributed by atoms with E-state index in [0.29, 0.717) is 0 Å². The molecule has 1 aromatic heterocycles. The van der Waals surface area contributed by atoms with Gasteiger partial charge in [0.2, 0.25) is 0 Å². The third kappa shape index (κ3) is 1.37. The second-order valence-corrected chi connectivity index (χ2v) is 1.86. The Morgan fingerprint density at radius 2 is 2.30 bits per heavy atom. The molecule has 0 unspecified atom stereocenters. The highest BCUT2D eigenvalue weighted by Gasteiger charge is 1.91. The van der Waals surface area contributed by atoms with Crippen molar-refractivity contribution in [2.75, 3.05) is 19.5 Å². The van der Waals surface area contributed by atoms with Crippen LogP contribution >= 0.6 is 0 Å². The van der Waals surface area contributed by atoms with Gasteiger partial charge in [0, 0.05) is 13.1 Å². The van der Waals surface area contributed by atoms with Gasteiger partial charge < -0.3 is 10.1 Å². The highest BCUT2D eigenvalue weighted by Crippen LogP contribution is 2.12. The molecule has 1 rings (SSSR count). The first-order chi connectivity index (χ1) is 4.86. The van der Waals surface area contributed by atoms with Crippen molar-refractivity contribution in [2.24, 2.45) is 0 Å². The van der Waals surface area contributed by atoms with Gasteiger partial charge in [0.1, 0.15) is 5.75 Å². The fourth-order valence-electron chi connectivity index (χ4n) is 0.667. The summed E-state index contributed by atoms with van der Waals surface area (Å²) in [6.45, 7) is 0. The first-order valence-electron chi connectivity index (χ1n) is 3.03. The van der Waals surface area contributed by atoms with Crippen LogP contribution in [0.1, 0.15) is 0 Å². The van der Waals surface area contributed by atoms with Gasteiger partial charge >= 0.3 is 0 Å². The third-order valence-corrected chi connectivity index (χ3v) is 1.24. The Labute approximate surface area is 60.0 Å². The molecule has 0 atom stereocenters. The van der Waals surface area contributed by atoms with E-state index < -0.39 is 0 Å². The Bertz CT molecular complexity index is 193. The largest absolute Gasteiger partial charge is 0.495 e. The van der Waals surface area contributed by atoms with Crippen molar-refractivity contribution >= 4 is 5.69 Å². The van der Waals surface area contributed by atoms with Crippen molar-refractivity contribution in [3.8, 4) is 5.75 Å². The minimum atomic E-state index is 0.770. The summed E-state index contributed by atoms with van der Waals surface area (Å²) in [6.07, 6.45) is 3.41. The Morgan fingerprint density at radius 3 is 2.90 bits per heavy atom. The van der Waals surface area contributed by atoms with E-state index in [1.54, 1.807) is 19.5 Å². The molecule has 1 N–H and O–H groups in total. The molecule has 0 saturated heterocycles. The summed E-state index contributed by atoms with van der Waals surface area (Å²) in [6, 6.07) is 1.88. The molecule has 0 fully saturated rings. The molecule has 0 aromatic carbocycles. The molecule has 0 spiro atoms. The number of nitrogens with zero attached hydrogens (tertiary/aromatic N) is 1. The summed E-state index contributed by atoms with van der Waals surface area (Å²) >= 11 is 0. The van der Waals surface area contributed by atoms with Crippen LogP contribution in [0.4, 0.5) is 5.69 Å². The van der Waals surface area contributed by atoms with Crippen molar-refractivity contribution in [3.63, 3.8) is 0 Å². The third-order valence-electron chi connectivity index (χ3n) is 1.24. The van der Waals surface area contributed by atoms with Crippen LogP contribution in [0.2, 0.25) is 0 Å². The molecule has 54 valence electrons. The highest BCUT2D eigenvalue weighted by atomic mass is 16.5. The predicted octanol–water partition coefficient (Wildman–Crippen LogP) is 1.13. The van der Waals surface area contributed by atoms with E-state index in [2.05, 4.69) is 10.3 Å². The average Bonchev–Trinajstić information content (AvgIpc) is 2.05. The number of hydrogen-bond acceptors (Lipinski definition) is 3. The van der Waals surface area contributed by atoms with Crippen molar-refractivity contribution in [1.82, 2.24) is 4.98 Å². The fraction of sp³-hybridized carbons (Fsp3) is 0.286. The molecule has 0 saturated carbocycles. The summed E-state index contributed by atoms with van der Waals surface area (Å²) in [4.78, 5) is 3.94.